The van der Waals surface area contributed by atoms with Crippen LogP contribution >= 0.6 is 0 Å². The van der Waals surface area contributed by atoms with E-state index in [2.05, 4.69) is 0 Å². The zero-order chi connectivity index (χ0) is 9.35. The van der Waals surface area contributed by atoms with Gasteiger partial charge in [0.1, 0.15) is 5.60 Å². The Balaban J connectivity index is 2.32. The van der Waals surface area contributed by atoms with E-state index < -0.39 is 0 Å². The molecule has 1 fully saturated rings. The first kappa shape index (κ1) is 9.52. The SMILES string of the molecule is CC(C)(C)OC(=O)[C@@H]1C[C@@H]1CN. The van der Waals surface area contributed by atoms with Crippen LogP contribution in [0.2, 0.25) is 0 Å². The molecule has 1 aliphatic rings. The van der Waals surface area contributed by atoms with Crippen molar-refractivity contribution in [3.05, 3.63) is 0 Å². The molecule has 0 saturated heterocycles. The normalized spacial score (nSPS) is 28.3. The largest absolute Gasteiger partial charge is 0.460 e. The Hall–Kier alpha value is -0.570. The summed E-state index contributed by atoms with van der Waals surface area (Å²) in [6, 6.07) is 0. The smallest absolute Gasteiger partial charge is 0.309 e. The molecule has 1 rings (SSSR count). The van der Waals surface area contributed by atoms with E-state index in [1.54, 1.807) is 0 Å². The fourth-order valence-electron chi connectivity index (χ4n) is 1.17. The number of carbonyl (C=O) groups excluding carboxylic acids is 1. The van der Waals surface area contributed by atoms with E-state index in [9.17, 15) is 4.79 Å². The standard InChI is InChI=1S/C9H17NO2/c1-9(2,3)12-8(11)7-4-6(7)5-10/h6-7H,4-5,10H2,1-3H3/t6-,7-/m1/s1. The van der Waals surface area contributed by atoms with Crippen LogP contribution in [0.15, 0.2) is 0 Å². The summed E-state index contributed by atoms with van der Waals surface area (Å²) in [6.07, 6.45) is 0.908. The van der Waals surface area contributed by atoms with E-state index in [4.69, 9.17) is 10.5 Å². The summed E-state index contributed by atoms with van der Waals surface area (Å²) < 4.78 is 5.20. The van der Waals surface area contributed by atoms with Crippen molar-refractivity contribution in [1.29, 1.82) is 0 Å². The molecule has 1 aliphatic carbocycles. The maximum Gasteiger partial charge on any atom is 0.309 e. The zero-order valence-electron chi connectivity index (χ0n) is 7.96. The molecule has 0 aliphatic heterocycles. The molecule has 0 aromatic carbocycles. The monoisotopic (exact) mass is 171 g/mol. The van der Waals surface area contributed by atoms with Crippen LogP contribution in [0, 0.1) is 11.8 Å². The molecule has 0 unspecified atom stereocenters. The van der Waals surface area contributed by atoms with Gasteiger partial charge in [-0.3, -0.25) is 4.79 Å². The summed E-state index contributed by atoms with van der Waals surface area (Å²) in [4.78, 5) is 11.3. The maximum absolute atomic E-state index is 11.3. The highest BCUT2D eigenvalue weighted by Gasteiger charge is 2.44. The number of rotatable bonds is 2. The first-order valence-electron chi connectivity index (χ1n) is 4.37. The van der Waals surface area contributed by atoms with Crippen LogP contribution in [0.5, 0.6) is 0 Å². The number of nitrogens with two attached hydrogens (primary N) is 1. The van der Waals surface area contributed by atoms with Gasteiger partial charge >= 0.3 is 5.97 Å². The second-order valence-corrected chi connectivity index (χ2v) is 4.37. The Labute approximate surface area is 73.3 Å². The van der Waals surface area contributed by atoms with E-state index in [0.29, 0.717) is 12.5 Å². The predicted octanol–water partition coefficient (Wildman–Crippen LogP) is 0.923. The lowest BCUT2D eigenvalue weighted by Gasteiger charge is -2.19. The molecule has 3 heteroatoms. The van der Waals surface area contributed by atoms with Crippen molar-refractivity contribution < 1.29 is 9.53 Å². The van der Waals surface area contributed by atoms with Crippen molar-refractivity contribution in [1.82, 2.24) is 0 Å². The molecule has 3 nitrogen and oxygen atoms in total. The van der Waals surface area contributed by atoms with Crippen LogP contribution in [0.3, 0.4) is 0 Å². The third kappa shape index (κ3) is 2.48. The molecule has 0 bridgehead atoms. The van der Waals surface area contributed by atoms with E-state index in [0.717, 1.165) is 6.42 Å². The third-order valence-corrected chi connectivity index (χ3v) is 1.93. The molecule has 0 radical (unpaired) electrons. The fraction of sp³-hybridized carbons (Fsp3) is 0.889. The van der Waals surface area contributed by atoms with Crippen molar-refractivity contribution in [3.8, 4) is 0 Å². The van der Waals surface area contributed by atoms with Gasteiger partial charge in [0.15, 0.2) is 0 Å². The van der Waals surface area contributed by atoms with Gasteiger partial charge in [0.05, 0.1) is 5.92 Å². The molecule has 0 aromatic heterocycles. The van der Waals surface area contributed by atoms with Crippen molar-refractivity contribution in [2.24, 2.45) is 17.6 Å². The minimum Gasteiger partial charge on any atom is -0.460 e. The van der Waals surface area contributed by atoms with Crippen LogP contribution in [0.1, 0.15) is 27.2 Å². The average Bonchev–Trinajstić information content (AvgIpc) is 2.60. The summed E-state index contributed by atoms with van der Waals surface area (Å²) in [5.41, 5.74) is 5.06. The number of hydrogen-bond donors (Lipinski definition) is 1. The van der Waals surface area contributed by atoms with Crippen LogP contribution < -0.4 is 5.73 Å². The summed E-state index contributed by atoms with van der Waals surface area (Å²) in [5, 5.41) is 0. The van der Waals surface area contributed by atoms with Crippen molar-refractivity contribution in [3.63, 3.8) is 0 Å². The maximum atomic E-state index is 11.3. The van der Waals surface area contributed by atoms with Gasteiger partial charge in [-0.05, 0) is 39.7 Å². The summed E-state index contributed by atoms with van der Waals surface area (Å²) in [7, 11) is 0. The van der Waals surface area contributed by atoms with E-state index in [1.165, 1.54) is 0 Å². The van der Waals surface area contributed by atoms with Crippen molar-refractivity contribution in [2.45, 2.75) is 32.8 Å². The van der Waals surface area contributed by atoms with Crippen molar-refractivity contribution >= 4 is 5.97 Å². The van der Waals surface area contributed by atoms with Gasteiger partial charge in [0, 0.05) is 0 Å². The van der Waals surface area contributed by atoms with E-state index in [1.807, 2.05) is 20.8 Å². The molecule has 0 amide bonds. The number of hydrogen-bond acceptors (Lipinski definition) is 3. The first-order valence-corrected chi connectivity index (χ1v) is 4.37. The number of ether oxygens (including phenoxy) is 1. The summed E-state index contributed by atoms with van der Waals surface area (Å²) >= 11 is 0. The Bertz CT molecular complexity index is 183. The highest BCUT2D eigenvalue weighted by atomic mass is 16.6. The second kappa shape index (κ2) is 3.05. The van der Waals surface area contributed by atoms with Crippen molar-refractivity contribution in [2.75, 3.05) is 6.54 Å². The molecule has 2 atom stereocenters. The molecule has 12 heavy (non-hydrogen) atoms. The molecule has 70 valence electrons. The first-order chi connectivity index (χ1) is 5.44. The van der Waals surface area contributed by atoms with Gasteiger partial charge in [0.25, 0.3) is 0 Å². The van der Waals surface area contributed by atoms with Gasteiger partial charge in [-0.15, -0.1) is 0 Å². The van der Waals surface area contributed by atoms with E-state index >= 15 is 0 Å². The van der Waals surface area contributed by atoms with Crippen LogP contribution in [0.4, 0.5) is 0 Å². The zero-order valence-corrected chi connectivity index (χ0v) is 7.96. The van der Waals surface area contributed by atoms with Gasteiger partial charge in [-0.25, -0.2) is 0 Å². The highest BCUT2D eigenvalue weighted by molar-refractivity contribution is 5.76. The quantitative estimate of drug-likeness (QED) is 0.629. The van der Waals surface area contributed by atoms with Crippen LogP contribution in [0.25, 0.3) is 0 Å². The molecular formula is C9H17NO2. The summed E-state index contributed by atoms with van der Waals surface area (Å²) in [6.45, 7) is 6.24. The van der Waals surface area contributed by atoms with Gasteiger partial charge in [-0.1, -0.05) is 0 Å². The van der Waals surface area contributed by atoms with Gasteiger partial charge in [0.2, 0.25) is 0 Å². The second-order valence-electron chi connectivity index (χ2n) is 4.37. The van der Waals surface area contributed by atoms with Crippen LogP contribution in [-0.4, -0.2) is 18.1 Å². The number of carbonyl (C=O) groups is 1. The lowest BCUT2D eigenvalue weighted by molar-refractivity contribution is -0.156. The molecule has 1 saturated carbocycles. The Morgan fingerprint density at radius 2 is 2.17 bits per heavy atom. The third-order valence-electron chi connectivity index (χ3n) is 1.93. The topological polar surface area (TPSA) is 52.3 Å². The minimum atomic E-state index is -0.362. The molecule has 0 aromatic rings. The van der Waals surface area contributed by atoms with Crippen LogP contribution in [-0.2, 0) is 9.53 Å². The Morgan fingerprint density at radius 3 is 2.50 bits per heavy atom. The Kier molecular flexibility index (Phi) is 2.42. The fourth-order valence-corrected chi connectivity index (χ4v) is 1.17. The average molecular weight is 171 g/mol. The van der Waals surface area contributed by atoms with Gasteiger partial charge < -0.3 is 10.5 Å². The van der Waals surface area contributed by atoms with E-state index in [-0.39, 0.29) is 17.5 Å². The predicted molar refractivity (Wildman–Crippen MR) is 46.5 cm³/mol. The number of esters is 1. The lowest BCUT2D eigenvalue weighted by Crippen LogP contribution is -2.25. The Morgan fingerprint density at radius 1 is 1.58 bits per heavy atom. The molecule has 2 N–H and O–H groups in total. The van der Waals surface area contributed by atoms with Gasteiger partial charge in [-0.2, -0.15) is 0 Å². The highest BCUT2D eigenvalue weighted by Crippen LogP contribution is 2.39. The molecular weight excluding hydrogens is 154 g/mol. The lowest BCUT2D eigenvalue weighted by atomic mass is 10.2. The molecule has 0 heterocycles. The summed E-state index contributed by atoms with van der Waals surface area (Å²) in [5.74, 6) is 0.368. The minimum absolute atomic E-state index is 0.0780. The molecule has 0 spiro atoms.